The summed E-state index contributed by atoms with van der Waals surface area (Å²) in [5, 5.41) is 11.1. The third-order valence-corrected chi connectivity index (χ3v) is 7.51. The lowest BCUT2D eigenvalue weighted by Gasteiger charge is -2.24. The van der Waals surface area contributed by atoms with E-state index in [-0.39, 0.29) is 25.1 Å². The Hall–Kier alpha value is -5.56. The van der Waals surface area contributed by atoms with Crippen LogP contribution >= 0.6 is 0 Å². The van der Waals surface area contributed by atoms with E-state index in [1.807, 2.05) is 47.1 Å². The molecule has 0 spiro atoms. The smallest absolute Gasteiger partial charge is 0.408 e. The standard InChI is InChI=1S/C36H38N6O7/c1-36(2,3)48-35(44)39-28(34(43)46-23-24-9-5-4-6-10-24)21-31-40-33(41-49-31)25-12-15-27(16-13-25)47-30-17-14-26(22-37-30)29-18-19-38-42(29)32-11-7-8-20-45-32/h4-6,9-10,12-19,22,28,32H,7-8,11,20-21,23H2,1-3H3,(H,39,44). The Bertz CT molecular complexity index is 1830. The average molecular weight is 667 g/mol. The molecule has 2 atom stereocenters. The molecule has 13 heteroatoms. The predicted molar refractivity (Wildman–Crippen MR) is 177 cm³/mol. The lowest BCUT2D eigenvalue weighted by molar-refractivity contribution is -0.147. The summed E-state index contributed by atoms with van der Waals surface area (Å²) in [5.41, 5.74) is 2.55. The van der Waals surface area contributed by atoms with Gasteiger partial charge in [0.2, 0.25) is 17.6 Å². The summed E-state index contributed by atoms with van der Waals surface area (Å²) in [6.45, 7) is 5.97. The molecule has 5 aromatic rings. The highest BCUT2D eigenvalue weighted by molar-refractivity contribution is 5.81. The van der Waals surface area contributed by atoms with E-state index in [1.165, 1.54) is 0 Å². The van der Waals surface area contributed by atoms with Gasteiger partial charge in [-0.1, -0.05) is 35.5 Å². The number of benzene rings is 2. The third kappa shape index (κ3) is 9.08. The zero-order chi connectivity index (χ0) is 34.2. The van der Waals surface area contributed by atoms with Crippen LogP contribution in [-0.4, -0.2) is 55.2 Å². The molecule has 0 radical (unpaired) electrons. The number of pyridine rings is 1. The highest BCUT2D eigenvalue weighted by Gasteiger charge is 2.28. The van der Waals surface area contributed by atoms with E-state index in [0.717, 1.165) is 42.7 Å². The number of alkyl carbamates (subject to hydrolysis) is 1. The minimum atomic E-state index is -1.12. The Kier molecular flexibility index (Phi) is 10.3. The Morgan fingerprint density at radius 3 is 2.51 bits per heavy atom. The Labute approximate surface area is 283 Å². The van der Waals surface area contributed by atoms with Gasteiger partial charge in [0.05, 0.1) is 12.1 Å². The molecule has 4 heterocycles. The molecule has 49 heavy (non-hydrogen) atoms. The predicted octanol–water partition coefficient (Wildman–Crippen LogP) is 6.67. The molecule has 0 saturated carbocycles. The van der Waals surface area contributed by atoms with Gasteiger partial charge in [0, 0.05) is 36.2 Å². The largest absolute Gasteiger partial charge is 0.459 e. The molecule has 1 amide bonds. The zero-order valence-electron chi connectivity index (χ0n) is 27.6. The number of hydrogen-bond acceptors (Lipinski definition) is 11. The average Bonchev–Trinajstić information content (AvgIpc) is 3.78. The minimum Gasteiger partial charge on any atom is -0.459 e. The number of nitrogens with one attached hydrogen (secondary N) is 1. The molecule has 1 aliphatic rings. The van der Waals surface area contributed by atoms with Gasteiger partial charge in [0.25, 0.3) is 0 Å². The van der Waals surface area contributed by atoms with Crippen molar-refractivity contribution in [2.24, 2.45) is 0 Å². The number of carbonyl (C=O) groups is 2. The van der Waals surface area contributed by atoms with Gasteiger partial charge in [-0.25, -0.2) is 19.3 Å². The third-order valence-electron chi connectivity index (χ3n) is 7.51. The summed E-state index contributed by atoms with van der Waals surface area (Å²) in [5.74, 6) is 0.767. The summed E-state index contributed by atoms with van der Waals surface area (Å²) < 4.78 is 30.1. The molecular weight excluding hydrogens is 628 g/mol. The number of hydrogen-bond donors (Lipinski definition) is 1. The number of amides is 1. The number of aromatic nitrogens is 5. The van der Waals surface area contributed by atoms with Gasteiger partial charge in [-0.15, -0.1) is 0 Å². The lowest BCUT2D eigenvalue weighted by Crippen LogP contribution is -2.45. The van der Waals surface area contributed by atoms with Crippen molar-refractivity contribution in [3.05, 3.63) is 96.6 Å². The highest BCUT2D eigenvalue weighted by atomic mass is 16.6. The molecule has 2 aromatic carbocycles. The van der Waals surface area contributed by atoms with Crippen LogP contribution in [-0.2, 0) is 32.0 Å². The Morgan fingerprint density at radius 2 is 1.80 bits per heavy atom. The fourth-order valence-electron chi connectivity index (χ4n) is 5.18. The van der Waals surface area contributed by atoms with Gasteiger partial charge in [-0.2, -0.15) is 10.1 Å². The molecular formula is C36H38N6O7. The fourth-order valence-corrected chi connectivity index (χ4v) is 5.18. The van der Waals surface area contributed by atoms with E-state index in [9.17, 15) is 9.59 Å². The first-order valence-corrected chi connectivity index (χ1v) is 16.1. The van der Waals surface area contributed by atoms with E-state index < -0.39 is 23.7 Å². The minimum absolute atomic E-state index is 0.0385. The monoisotopic (exact) mass is 666 g/mol. The number of nitrogens with zero attached hydrogens (tertiary/aromatic N) is 5. The zero-order valence-corrected chi connectivity index (χ0v) is 27.6. The second-order valence-electron chi connectivity index (χ2n) is 12.5. The van der Waals surface area contributed by atoms with Gasteiger partial charge in [0.1, 0.15) is 24.0 Å². The van der Waals surface area contributed by atoms with Gasteiger partial charge < -0.3 is 28.8 Å². The van der Waals surface area contributed by atoms with Gasteiger partial charge >= 0.3 is 12.1 Å². The second-order valence-corrected chi connectivity index (χ2v) is 12.5. The van der Waals surface area contributed by atoms with Crippen LogP contribution in [0.3, 0.4) is 0 Å². The molecule has 2 unspecified atom stereocenters. The SMILES string of the molecule is CC(C)(C)OC(=O)NC(Cc1nc(-c2ccc(Oc3ccc(-c4ccnn4C4CCCCO4)cn3)cc2)no1)C(=O)OCc1ccccc1. The molecule has 13 nitrogen and oxygen atoms in total. The first-order valence-electron chi connectivity index (χ1n) is 16.1. The highest BCUT2D eigenvalue weighted by Crippen LogP contribution is 2.30. The van der Waals surface area contributed by atoms with Crippen LogP contribution in [0.5, 0.6) is 11.6 Å². The number of esters is 1. The summed E-state index contributed by atoms with van der Waals surface area (Å²) >= 11 is 0. The maximum absolute atomic E-state index is 13.0. The molecule has 0 aliphatic carbocycles. The van der Waals surface area contributed by atoms with Crippen LogP contribution in [0.2, 0.25) is 0 Å². The van der Waals surface area contributed by atoms with Gasteiger partial charge in [-0.05, 0) is 82.0 Å². The summed E-state index contributed by atoms with van der Waals surface area (Å²) in [6, 6.07) is 20.9. The van der Waals surface area contributed by atoms with Crippen LogP contribution in [0.15, 0.2) is 89.7 Å². The van der Waals surface area contributed by atoms with Gasteiger partial charge in [-0.3, -0.25) is 0 Å². The summed E-state index contributed by atoms with van der Waals surface area (Å²) in [4.78, 5) is 34.5. The molecule has 1 N–H and O–H groups in total. The van der Waals surface area contributed by atoms with Crippen molar-refractivity contribution in [2.75, 3.05) is 6.61 Å². The Morgan fingerprint density at radius 1 is 1.00 bits per heavy atom. The van der Waals surface area contributed by atoms with Crippen molar-refractivity contribution >= 4 is 12.1 Å². The molecule has 1 fully saturated rings. The first kappa shape index (κ1) is 33.3. The Balaban J connectivity index is 1.08. The van der Waals surface area contributed by atoms with E-state index in [4.69, 9.17) is 23.5 Å². The number of rotatable bonds is 11. The summed E-state index contributed by atoms with van der Waals surface area (Å²) in [6.07, 6.45) is 5.70. The maximum Gasteiger partial charge on any atom is 0.408 e. The number of carbonyl (C=O) groups excluding carboxylic acids is 2. The number of ether oxygens (including phenoxy) is 4. The van der Waals surface area contributed by atoms with Crippen molar-refractivity contribution in [3.63, 3.8) is 0 Å². The van der Waals surface area contributed by atoms with Gasteiger partial charge in [0.15, 0.2) is 6.23 Å². The normalized spacial score (nSPS) is 15.3. The van der Waals surface area contributed by atoms with E-state index in [1.54, 1.807) is 63.5 Å². The van der Waals surface area contributed by atoms with Crippen LogP contribution in [0.25, 0.3) is 22.6 Å². The summed E-state index contributed by atoms with van der Waals surface area (Å²) in [7, 11) is 0. The first-order chi connectivity index (χ1) is 23.7. The lowest BCUT2D eigenvalue weighted by atomic mass is 10.1. The molecule has 1 aliphatic heterocycles. The van der Waals surface area contributed by atoms with Crippen LogP contribution in [0.1, 0.15) is 57.7 Å². The quantitative estimate of drug-likeness (QED) is 0.151. The van der Waals surface area contributed by atoms with Crippen LogP contribution < -0.4 is 10.1 Å². The fraction of sp³-hybridized carbons (Fsp3) is 0.333. The maximum atomic E-state index is 13.0. The van der Waals surface area contributed by atoms with Crippen LogP contribution in [0, 0.1) is 0 Å². The molecule has 0 bridgehead atoms. The van der Waals surface area contributed by atoms with E-state index >= 15 is 0 Å². The van der Waals surface area contributed by atoms with Crippen molar-refractivity contribution in [3.8, 4) is 34.3 Å². The van der Waals surface area contributed by atoms with Crippen molar-refractivity contribution in [1.82, 2.24) is 30.2 Å². The van der Waals surface area contributed by atoms with Crippen molar-refractivity contribution < 1.29 is 33.1 Å². The molecule has 254 valence electrons. The van der Waals surface area contributed by atoms with E-state index in [0.29, 0.717) is 23.0 Å². The second kappa shape index (κ2) is 15.1. The molecule has 3 aromatic heterocycles. The molecule has 1 saturated heterocycles. The van der Waals surface area contributed by atoms with E-state index in [2.05, 4.69) is 25.5 Å². The topological polar surface area (TPSA) is 153 Å². The van der Waals surface area contributed by atoms with Crippen molar-refractivity contribution in [1.29, 1.82) is 0 Å². The van der Waals surface area contributed by atoms with Crippen LogP contribution in [0.4, 0.5) is 4.79 Å². The molecule has 6 rings (SSSR count). The van der Waals surface area contributed by atoms with Crippen molar-refractivity contribution in [2.45, 2.75) is 70.9 Å².